The van der Waals surface area contributed by atoms with Gasteiger partial charge in [0.1, 0.15) is 5.75 Å². The molecule has 2 aromatic rings. The van der Waals surface area contributed by atoms with Gasteiger partial charge >= 0.3 is 0 Å². The van der Waals surface area contributed by atoms with Crippen molar-refractivity contribution >= 4 is 29.0 Å². The quantitative estimate of drug-likeness (QED) is 0.484. The molecule has 5 N–H and O–H groups in total. The maximum atomic E-state index is 13.8. The molecule has 5 rings (SSSR count). The van der Waals surface area contributed by atoms with Gasteiger partial charge in [-0.2, -0.15) is 0 Å². The lowest BCUT2D eigenvalue weighted by Crippen LogP contribution is -2.68. The summed E-state index contributed by atoms with van der Waals surface area (Å²) in [6.45, 7) is 3.93. The molecule has 1 aromatic heterocycles. The minimum atomic E-state index is -2.64. The van der Waals surface area contributed by atoms with Crippen molar-refractivity contribution in [3.63, 3.8) is 0 Å². The highest BCUT2D eigenvalue weighted by Gasteiger charge is 2.66. The predicted octanol–water partition coefficient (Wildman–Crippen LogP) is 1.45. The molecule has 0 radical (unpaired) electrons. The second kappa shape index (κ2) is 7.71. The zero-order chi connectivity index (χ0) is 25.4. The molecule has 3 aliphatic carbocycles. The number of amides is 1. The van der Waals surface area contributed by atoms with Gasteiger partial charge in [0.25, 0.3) is 0 Å². The Morgan fingerprint density at radius 1 is 1.17 bits per heavy atom. The van der Waals surface area contributed by atoms with Crippen LogP contribution >= 0.6 is 0 Å². The van der Waals surface area contributed by atoms with Gasteiger partial charge in [0.05, 0.1) is 11.5 Å². The van der Waals surface area contributed by atoms with Gasteiger partial charge < -0.3 is 20.9 Å². The van der Waals surface area contributed by atoms with Crippen molar-refractivity contribution in [3.05, 3.63) is 41.1 Å². The summed E-state index contributed by atoms with van der Waals surface area (Å²) in [5.74, 6) is -10.0. The van der Waals surface area contributed by atoms with E-state index in [0.717, 1.165) is 5.56 Å². The highest BCUT2D eigenvalue weighted by molar-refractivity contribution is 6.31. The molecular formula is C26H26N2O7. The number of aromatic amines is 1. The monoisotopic (exact) mass is 478 g/mol. The first-order valence-electron chi connectivity index (χ1n) is 11.7. The van der Waals surface area contributed by atoms with Crippen molar-refractivity contribution in [1.82, 2.24) is 4.98 Å². The third-order valence-electron chi connectivity index (χ3n) is 7.95. The largest absolute Gasteiger partial charge is 0.506 e. The summed E-state index contributed by atoms with van der Waals surface area (Å²) in [7, 11) is 0. The third kappa shape index (κ3) is 3.07. The van der Waals surface area contributed by atoms with Gasteiger partial charge in [-0.1, -0.05) is 13.8 Å². The molecule has 3 aliphatic rings. The highest BCUT2D eigenvalue weighted by Crippen LogP contribution is 2.52. The number of H-pyrrole nitrogens is 1. The Bertz CT molecular complexity index is 1310. The number of Topliss-reactive ketones (excluding diaryl/α,β-unsaturated/α-hetero) is 4. The highest BCUT2D eigenvalue weighted by atomic mass is 16.3. The second-order valence-corrected chi connectivity index (χ2v) is 10.2. The van der Waals surface area contributed by atoms with Crippen molar-refractivity contribution in [2.75, 3.05) is 0 Å². The number of hydrogen-bond acceptors (Lipinski definition) is 7. The van der Waals surface area contributed by atoms with E-state index >= 15 is 0 Å². The molecule has 182 valence electrons. The molecule has 2 saturated carbocycles. The number of phenols is 1. The van der Waals surface area contributed by atoms with Crippen molar-refractivity contribution in [1.29, 1.82) is 0 Å². The van der Waals surface area contributed by atoms with Crippen molar-refractivity contribution in [3.8, 4) is 17.0 Å². The number of carbonyl (C=O) groups excluding carboxylic acids is 5. The summed E-state index contributed by atoms with van der Waals surface area (Å²) < 4.78 is 0. The summed E-state index contributed by atoms with van der Waals surface area (Å²) in [5, 5.41) is 22.5. The molecule has 1 amide bonds. The number of aromatic nitrogens is 1. The fourth-order valence-corrected chi connectivity index (χ4v) is 6.28. The number of phenolic OH excluding ortho intramolecular Hbond substituents is 1. The van der Waals surface area contributed by atoms with Crippen LogP contribution < -0.4 is 5.73 Å². The average molecular weight is 479 g/mol. The Morgan fingerprint density at radius 3 is 2.49 bits per heavy atom. The number of aliphatic hydroxyl groups is 1. The molecule has 1 aromatic carbocycles. The van der Waals surface area contributed by atoms with E-state index in [1.165, 1.54) is 0 Å². The van der Waals surface area contributed by atoms with Crippen LogP contribution in [0, 0.1) is 23.7 Å². The number of fused-ring (bicyclic) bond motifs is 3. The van der Waals surface area contributed by atoms with E-state index in [1.54, 1.807) is 18.3 Å². The molecule has 0 bridgehead atoms. The summed E-state index contributed by atoms with van der Waals surface area (Å²) in [4.78, 5) is 67.7. The van der Waals surface area contributed by atoms with Crippen molar-refractivity contribution < 1.29 is 34.2 Å². The molecule has 9 nitrogen and oxygen atoms in total. The minimum absolute atomic E-state index is 0.00722. The second-order valence-electron chi connectivity index (χ2n) is 10.2. The Hall–Kier alpha value is -3.59. The van der Waals surface area contributed by atoms with Gasteiger partial charge in [-0.3, -0.25) is 24.0 Å². The van der Waals surface area contributed by atoms with Gasteiger partial charge in [-0.25, -0.2) is 0 Å². The molecule has 35 heavy (non-hydrogen) atoms. The van der Waals surface area contributed by atoms with Crippen LogP contribution in [0.5, 0.6) is 5.75 Å². The summed E-state index contributed by atoms with van der Waals surface area (Å²) in [6.07, 6.45) is 1.70. The van der Waals surface area contributed by atoms with E-state index < -0.39 is 58.3 Å². The zero-order valence-corrected chi connectivity index (χ0v) is 19.3. The van der Waals surface area contributed by atoms with Crippen LogP contribution in [-0.4, -0.2) is 49.8 Å². The van der Waals surface area contributed by atoms with E-state index in [0.29, 0.717) is 16.8 Å². The number of nitrogens with two attached hydrogens (primary N) is 1. The number of benzene rings is 1. The Balaban J connectivity index is 1.66. The molecular weight excluding hydrogens is 452 g/mol. The van der Waals surface area contributed by atoms with E-state index in [9.17, 15) is 34.2 Å². The van der Waals surface area contributed by atoms with Gasteiger partial charge in [0, 0.05) is 29.8 Å². The minimum Gasteiger partial charge on any atom is -0.506 e. The normalized spacial score (nSPS) is 30.2. The van der Waals surface area contributed by atoms with Gasteiger partial charge in [-0.05, 0) is 54.0 Å². The predicted molar refractivity (Wildman–Crippen MR) is 122 cm³/mol. The van der Waals surface area contributed by atoms with Crippen LogP contribution in [-0.2, 0) is 25.6 Å². The van der Waals surface area contributed by atoms with E-state index in [1.807, 2.05) is 19.9 Å². The smallest absolute Gasteiger partial charge is 0.235 e. The van der Waals surface area contributed by atoms with Gasteiger partial charge in [0.2, 0.25) is 5.91 Å². The first kappa shape index (κ1) is 23.2. The lowest BCUT2D eigenvalue weighted by atomic mass is 9.53. The molecule has 0 aliphatic heterocycles. The summed E-state index contributed by atoms with van der Waals surface area (Å²) in [5.41, 5.74) is 5.10. The average Bonchev–Trinajstić information content (AvgIpc) is 3.30. The maximum Gasteiger partial charge on any atom is 0.235 e. The third-order valence-corrected chi connectivity index (χ3v) is 7.95. The SMILES string of the molecule is CC(C)c1cc(-c2ccc[nH]2)c(O)c2c1C[C@H]1C[C@H]3CC(=O)C(C(N)=O)C(=O)[C@@]3(O)C(=O)C1C2=O. The number of primary amides is 1. The standard InChI is InChI=1S/C26H26N2O7/c1-10(2)13-9-15(16-4-3-5-28-16)21(30)19-14(13)7-11-6-12-8-17(29)20(25(27)34)24(33)26(12,35)23(32)18(11)22(19)31/h3-5,9-12,18,20,28,30,35H,6-8H2,1-2H3,(H2,27,34)/t11-,12+,18?,20?,26+/m1/s1. The number of hydrogen-bond donors (Lipinski definition) is 4. The molecule has 9 heteroatoms. The van der Waals surface area contributed by atoms with Crippen LogP contribution in [0.2, 0.25) is 0 Å². The van der Waals surface area contributed by atoms with Crippen molar-refractivity contribution in [2.45, 2.75) is 44.6 Å². The van der Waals surface area contributed by atoms with E-state index in [-0.39, 0.29) is 36.5 Å². The first-order valence-corrected chi connectivity index (χ1v) is 11.7. The molecule has 2 fully saturated rings. The van der Waals surface area contributed by atoms with Crippen LogP contribution in [0.15, 0.2) is 24.4 Å². The van der Waals surface area contributed by atoms with Crippen LogP contribution in [0.1, 0.15) is 54.1 Å². The molecule has 5 atom stereocenters. The fourth-order valence-electron chi connectivity index (χ4n) is 6.28. The summed E-state index contributed by atoms with van der Waals surface area (Å²) >= 11 is 0. The van der Waals surface area contributed by atoms with Gasteiger partial charge in [0.15, 0.2) is 34.7 Å². The van der Waals surface area contributed by atoms with Crippen LogP contribution in [0.4, 0.5) is 0 Å². The molecule has 2 unspecified atom stereocenters. The van der Waals surface area contributed by atoms with Crippen LogP contribution in [0.25, 0.3) is 11.3 Å². The Morgan fingerprint density at radius 2 is 1.89 bits per heavy atom. The Labute approximate surface area is 200 Å². The lowest BCUT2D eigenvalue weighted by molar-refractivity contribution is -0.175. The first-order chi connectivity index (χ1) is 16.5. The van der Waals surface area contributed by atoms with Crippen molar-refractivity contribution in [2.24, 2.45) is 29.4 Å². The number of ketones is 4. The maximum absolute atomic E-state index is 13.8. The van der Waals surface area contributed by atoms with Gasteiger partial charge in [-0.15, -0.1) is 0 Å². The number of nitrogens with one attached hydrogen (secondary N) is 1. The number of rotatable bonds is 3. The number of carbonyl (C=O) groups is 5. The zero-order valence-electron chi connectivity index (χ0n) is 19.3. The number of aromatic hydroxyl groups is 1. The summed E-state index contributed by atoms with van der Waals surface area (Å²) in [6, 6.07) is 5.35. The van der Waals surface area contributed by atoms with E-state index in [2.05, 4.69) is 4.98 Å². The Kier molecular flexibility index (Phi) is 5.10. The molecule has 0 saturated heterocycles. The van der Waals surface area contributed by atoms with E-state index in [4.69, 9.17) is 5.73 Å². The lowest BCUT2D eigenvalue weighted by Gasteiger charge is -2.48. The van der Waals surface area contributed by atoms with Crippen LogP contribution in [0.3, 0.4) is 0 Å². The molecule has 0 spiro atoms. The topological polar surface area (TPSA) is 168 Å². The fraction of sp³-hybridized carbons (Fsp3) is 0.423. The molecule has 1 heterocycles.